The van der Waals surface area contributed by atoms with E-state index in [-0.39, 0.29) is 5.56 Å². The van der Waals surface area contributed by atoms with Crippen LogP contribution in [0.15, 0.2) is 24.5 Å². The van der Waals surface area contributed by atoms with Crippen LogP contribution in [0.25, 0.3) is 11.0 Å². The van der Waals surface area contributed by atoms with E-state index in [1.54, 1.807) is 36.2 Å². The number of carboxylic acids is 1. The number of rotatable bonds is 4. The number of aromatic nitrogens is 2. The van der Waals surface area contributed by atoms with Gasteiger partial charge in [-0.1, -0.05) is 6.07 Å². The minimum absolute atomic E-state index is 0.270. The first-order valence-electron chi connectivity index (χ1n) is 4.90. The van der Waals surface area contributed by atoms with Gasteiger partial charge in [0.2, 0.25) is 0 Å². The first-order valence-corrected chi connectivity index (χ1v) is 4.90. The van der Waals surface area contributed by atoms with Crippen LogP contribution in [0.2, 0.25) is 0 Å². The lowest BCUT2D eigenvalue weighted by Crippen LogP contribution is -2.06. The Morgan fingerprint density at radius 2 is 2.38 bits per heavy atom. The molecule has 0 aliphatic heterocycles. The predicted octanol–water partition coefficient (Wildman–Crippen LogP) is 1.38. The van der Waals surface area contributed by atoms with Crippen LogP contribution in [0, 0.1) is 0 Å². The molecule has 84 valence electrons. The van der Waals surface area contributed by atoms with Crippen molar-refractivity contribution in [2.45, 2.75) is 6.54 Å². The summed E-state index contributed by atoms with van der Waals surface area (Å²) < 4.78 is 6.76. The molecule has 5 nitrogen and oxygen atoms in total. The number of aromatic carboxylic acids is 1. The number of ether oxygens (including phenoxy) is 1. The number of methoxy groups -OCH3 is 1. The van der Waals surface area contributed by atoms with Gasteiger partial charge in [0.15, 0.2) is 0 Å². The van der Waals surface area contributed by atoms with Crippen molar-refractivity contribution in [1.29, 1.82) is 0 Å². The highest BCUT2D eigenvalue weighted by atomic mass is 16.5. The third-order valence-electron chi connectivity index (χ3n) is 2.40. The summed E-state index contributed by atoms with van der Waals surface area (Å²) in [6.45, 7) is 1.12. The summed E-state index contributed by atoms with van der Waals surface area (Å²) in [5, 5.41) is 9.08. The molecule has 0 saturated carbocycles. The smallest absolute Gasteiger partial charge is 0.337 e. The summed E-state index contributed by atoms with van der Waals surface area (Å²) in [6.07, 6.45) is 1.64. The Balaban J connectivity index is 2.54. The fourth-order valence-corrected chi connectivity index (χ4v) is 1.66. The Labute approximate surface area is 92.3 Å². The summed E-state index contributed by atoms with van der Waals surface area (Å²) in [4.78, 5) is 15.2. The molecule has 16 heavy (non-hydrogen) atoms. The van der Waals surface area contributed by atoms with Crippen molar-refractivity contribution in [3.05, 3.63) is 30.1 Å². The van der Waals surface area contributed by atoms with Gasteiger partial charge in [-0.2, -0.15) is 0 Å². The Morgan fingerprint density at radius 3 is 3.06 bits per heavy atom. The summed E-state index contributed by atoms with van der Waals surface area (Å²) in [7, 11) is 1.61. The summed E-state index contributed by atoms with van der Waals surface area (Å²) in [6, 6.07) is 5.07. The third kappa shape index (κ3) is 1.77. The molecule has 1 N–H and O–H groups in total. The molecule has 0 saturated heterocycles. The van der Waals surface area contributed by atoms with Gasteiger partial charge in [0.1, 0.15) is 0 Å². The van der Waals surface area contributed by atoms with Crippen LogP contribution in [-0.4, -0.2) is 34.3 Å². The fourth-order valence-electron chi connectivity index (χ4n) is 1.66. The molecule has 0 atom stereocenters. The second-order valence-electron chi connectivity index (χ2n) is 3.41. The van der Waals surface area contributed by atoms with Gasteiger partial charge < -0.3 is 14.4 Å². The topological polar surface area (TPSA) is 64.4 Å². The number of benzene rings is 1. The molecule has 0 radical (unpaired) electrons. The molecule has 0 amide bonds. The normalized spacial score (nSPS) is 10.8. The standard InChI is InChI=1S/C11H12N2O3/c1-16-6-5-13-7-12-9-4-2-3-8(10(9)13)11(14)15/h2-4,7H,5-6H2,1H3,(H,14,15). The zero-order valence-corrected chi connectivity index (χ0v) is 8.88. The minimum atomic E-state index is -0.940. The van der Waals surface area contributed by atoms with E-state index in [0.717, 1.165) is 0 Å². The van der Waals surface area contributed by atoms with Crippen molar-refractivity contribution >= 4 is 17.0 Å². The van der Waals surface area contributed by atoms with E-state index in [9.17, 15) is 4.79 Å². The maximum Gasteiger partial charge on any atom is 0.337 e. The third-order valence-corrected chi connectivity index (χ3v) is 2.40. The second-order valence-corrected chi connectivity index (χ2v) is 3.41. The first-order chi connectivity index (χ1) is 7.74. The van der Waals surface area contributed by atoms with Crippen LogP contribution < -0.4 is 0 Å². The monoisotopic (exact) mass is 220 g/mol. The Kier molecular flexibility index (Phi) is 2.87. The van der Waals surface area contributed by atoms with Gasteiger partial charge in [-0.05, 0) is 12.1 Å². The molecule has 2 rings (SSSR count). The molecule has 0 aliphatic carbocycles. The molecule has 0 spiro atoms. The Hall–Kier alpha value is -1.88. The van der Waals surface area contributed by atoms with Crippen molar-refractivity contribution in [2.24, 2.45) is 0 Å². The molecule has 5 heteroatoms. The van der Waals surface area contributed by atoms with Crippen LogP contribution in [0.3, 0.4) is 0 Å². The molecule has 2 aromatic rings. The fraction of sp³-hybridized carbons (Fsp3) is 0.273. The van der Waals surface area contributed by atoms with Crippen molar-refractivity contribution < 1.29 is 14.6 Å². The SMILES string of the molecule is COCCn1cnc2cccc(C(=O)O)c21. The zero-order valence-electron chi connectivity index (χ0n) is 8.88. The quantitative estimate of drug-likeness (QED) is 0.845. The largest absolute Gasteiger partial charge is 0.478 e. The van der Waals surface area contributed by atoms with Gasteiger partial charge in [-0.15, -0.1) is 0 Å². The lowest BCUT2D eigenvalue weighted by molar-refractivity contribution is 0.0698. The van der Waals surface area contributed by atoms with Crippen molar-refractivity contribution in [3.8, 4) is 0 Å². The van der Waals surface area contributed by atoms with Gasteiger partial charge in [-0.25, -0.2) is 9.78 Å². The molecule has 0 aliphatic rings. The van der Waals surface area contributed by atoms with Gasteiger partial charge in [-0.3, -0.25) is 0 Å². The lowest BCUT2D eigenvalue weighted by Gasteiger charge is -2.05. The molecular weight excluding hydrogens is 208 g/mol. The highest BCUT2D eigenvalue weighted by Gasteiger charge is 2.12. The highest BCUT2D eigenvalue weighted by molar-refractivity contribution is 6.01. The average molecular weight is 220 g/mol. The van der Waals surface area contributed by atoms with E-state index in [1.165, 1.54) is 0 Å². The molecular formula is C11H12N2O3. The van der Waals surface area contributed by atoms with E-state index < -0.39 is 5.97 Å². The van der Waals surface area contributed by atoms with E-state index in [0.29, 0.717) is 24.2 Å². The van der Waals surface area contributed by atoms with Crippen molar-refractivity contribution in [3.63, 3.8) is 0 Å². The number of hydrogen-bond acceptors (Lipinski definition) is 3. The van der Waals surface area contributed by atoms with Crippen molar-refractivity contribution in [2.75, 3.05) is 13.7 Å². The Morgan fingerprint density at radius 1 is 1.56 bits per heavy atom. The van der Waals surface area contributed by atoms with Crippen molar-refractivity contribution in [1.82, 2.24) is 9.55 Å². The van der Waals surface area contributed by atoms with Crippen LogP contribution >= 0.6 is 0 Å². The molecule has 1 aromatic heterocycles. The predicted molar refractivity (Wildman–Crippen MR) is 58.6 cm³/mol. The van der Waals surface area contributed by atoms with Gasteiger partial charge >= 0.3 is 5.97 Å². The summed E-state index contributed by atoms with van der Waals surface area (Å²) in [5.74, 6) is -0.940. The highest BCUT2D eigenvalue weighted by Crippen LogP contribution is 2.17. The number of para-hydroxylation sites is 1. The first kappa shape index (κ1) is 10.6. The molecule has 0 unspecified atom stereocenters. The number of imidazole rings is 1. The van der Waals surface area contributed by atoms with E-state index in [2.05, 4.69) is 4.98 Å². The van der Waals surface area contributed by atoms with Gasteiger partial charge in [0.05, 0.1) is 29.5 Å². The number of carbonyl (C=O) groups is 1. The number of hydrogen-bond donors (Lipinski definition) is 1. The van der Waals surface area contributed by atoms with Gasteiger partial charge in [0, 0.05) is 13.7 Å². The van der Waals surface area contributed by atoms with E-state index in [4.69, 9.17) is 9.84 Å². The van der Waals surface area contributed by atoms with Crippen LogP contribution in [0.4, 0.5) is 0 Å². The molecule has 1 heterocycles. The van der Waals surface area contributed by atoms with Gasteiger partial charge in [0.25, 0.3) is 0 Å². The number of fused-ring (bicyclic) bond motifs is 1. The number of nitrogens with zero attached hydrogens (tertiary/aromatic N) is 2. The maximum absolute atomic E-state index is 11.1. The molecule has 1 aromatic carbocycles. The summed E-state index contributed by atoms with van der Waals surface area (Å²) in [5.41, 5.74) is 1.61. The number of carboxylic acid groups (broad SMARTS) is 1. The zero-order chi connectivity index (χ0) is 11.5. The minimum Gasteiger partial charge on any atom is -0.478 e. The molecule has 0 bridgehead atoms. The van der Waals surface area contributed by atoms with Crippen LogP contribution in [0.1, 0.15) is 10.4 Å². The molecule has 0 fully saturated rings. The summed E-state index contributed by atoms with van der Waals surface area (Å²) >= 11 is 0. The maximum atomic E-state index is 11.1. The van der Waals surface area contributed by atoms with E-state index >= 15 is 0 Å². The van der Waals surface area contributed by atoms with Crippen LogP contribution in [-0.2, 0) is 11.3 Å². The van der Waals surface area contributed by atoms with E-state index in [1.807, 2.05) is 0 Å². The second kappa shape index (κ2) is 4.32. The lowest BCUT2D eigenvalue weighted by atomic mass is 10.2. The Bertz CT molecular complexity index is 519. The average Bonchev–Trinajstić information content (AvgIpc) is 2.69. The van der Waals surface area contributed by atoms with Crippen LogP contribution in [0.5, 0.6) is 0 Å².